The molecule has 0 bridgehead atoms. The summed E-state index contributed by atoms with van der Waals surface area (Å²) in [6, 6.07) is 7.91. The van der Waals surface area contributed by atoms with Crippen LogP contribution in [0.1, 0.15) is 12.5 Å². The molecule has 1 nitrogen and oxygen atoms in total. The molecule has 0 spiro atoms. The molecule has 0 aliphatic rings. The number of aliphatic hydroxyl groups excluding tert-OH is 1. The highest BCUT2D eigenvalue weighted by Crippen LogP contribution is 2.25. The first-order valence-corrected chi connectivity index (χ1v) is 4.92. The maximum atomic E-state index is 9.23. The summed E-state index contributed by atoms with van der Waals surface area (Å²) in [6.45, 7) is 5.77. The Balaban J connectivity index is 3.06. The first-order chi connectivity index (χ1) is 6.12. The van der Waals surface area contributed by atoms with E-state index in [9.17, 15) is 5.11 Å². The number of hydrogen-bond donors (Lipinski definition) is 1. The number of hydrogen-bond acceptors (Lipinski definition) is 1. The van der Waals surface area contributed by atoms with Gasteiger partial charge in [0.2, 0.25) is 0 Å². The zero-order valence-corrected chi connectivity index (χ0v) is 9.21. The maximum Gasteiger partial charge on any atom is 0.0559 e. The van der Waals surface area contributed by atoms with Crippen molar-refractivity contribution in [3.05, 3.63) is 47.0 Å². The van der Waals surface area contributed by atoms with Gasteiger partial charge in [-0.2, -0.15) is 0 Å². The van der Waals surface area contributed by atoms with Crippen molar-refractivity contribution >= 4 is 15.9 Å². The number of halogens is 1. The molecule has 1 aromatic rings. The molecule has 0 radical (unpaired) electrons. The quantitative estimate of drug-likeness (QED) is 0.806. The Morgan fingerprint density at radius 2 is 2.00 bits per heavy atom. The minimum Gasteiger partial charge on any atom is -0.395 e. The lowest BCUT2D eigenvalue weighted by Gasteiger charge is -2.23. The van der Waals surface area contributed by atoms with Crippen LogP contribution in [0.3, 0.4) is 0 Å². The Morgan fingerprint density at radius 1 is 1.46 bits per heavy atom. The van der Waals surface area contributed by atoms with Crippen LogP contribution in [0.4, 0.5) is 0 Å². The van der Waals surface area contributed by atoms with Gasteiger partial charge in [0.05, 0.1) is 6.61 Å². The molecule has 70 valence electrons. The summed E-state index contributed by atoms with van der Waals surface area (Å²) >= 11 is 3.37. The summed E-state index contributed by atoms with van der Waals surface area (Å²) in [7, 11) is 0. The molecule has 0 saturated heterocycles. The summed E-state index contributed by atoms with van der Waals surface area (Å²) in [5.74, 6) is 0. The third-order valence-corrected chi connectivity index (χ3v) is 2.81. The van der Waals surface area contributed by atoms with E-state index in [4.69, 9.17) is 0 Å². The van der Waals surface area contributed by atoms with Gasteiger partial charge in [-0.1, -0.05) is 34.1 Å². The highest BCUT2D eigenvalue weighted by Gasteiger charge is 2.20. The number of rotatable bonds is 3. The van der Waals surface area contributed by atoms with Crippen molar-refractivity contribution in [2.75, 3.05) is 6.61 Å². The molecule has 0 fully saturated rings. The molecular weight excluding hydrogens is 228 g/mol. The van der Waals surface area contributed by atoms with Crippen LogP contribution in [0.5, 0.6) is 0 Å². The first-order valence-electron chi connectivity index (χ1n) is 4.13. The van der Waals surface area contributed by atoms with Crippen molar-refractivity contribution < 1.29 is 5.11 Å². The summed E-state index contributed by atoms with van der Waals surface area (Å²) in [4.78, 5) is 0. The lowest BCUT2D eigenvalue weighted by Crippen LogP contribution is -2.23. The van der Waals surface area contributed by atoms with Crippen molar-refractivity contribution in [2.45, 2.75) is 12.3 Å². The average molecular weight is 241 g/mol. The highest BCUT2D eigenvalue weighted by molar-refractivity contribution is 9.10. The van der Waals surface area contributed by atoms with Gasteiger partial charge in [-0.15, -0.1) is 6.58 Å². The third kappa shape index (κ3) is 2.20. The number of aliphatic hydroxyl groups is 1. The van der Waals surface area contributed by atoms with E-state index in [0.29, 0.717) is 0 Å². The van der Waals surface area contributed by atoms with Gasteiger partial charge in [-0.05, 0) is 24.6 Å². The van der Waals surface area contributed by atoms with E-state index >= 15 is 0 Å². The van der Waals surface area contributed by atoms with Crippen LogP contribution in [0.15, 0.2) is 41.4 Å². The van der Waals surface area contributed by atoms with Crippen LogP contribution in [0.2, 0.25) is 0 Å². The lowest BCUT2D eigenvalue weighted by atomic mass is 9.84. The molecule has 0 aliphatic carbocycles. The van der Waals surface area contributed by atoms with E-state index in [1.807, 2.05) is 31.2 Å². The summed E-state index contributed by atoms with van der Waals surface area (Å²) < 4.78 is 1.04. The zero-order chi connectivity index (χ0) is 9.90. The third-order valence-electron chi connectivity index (χ3n) is 2.28. The van der Waals surface area contributed by atoms with Gasteiger partial charge in [-0.25, -0.2) is 0 Å². The highest BCUT2D eigenvalue weighted by atomic mass is 79.9. The van der Waals surface area contributed by atoms with Crippen molar-refractivity contribution in [3.63, 3.8) is 0 Å². The van der Waals surface area contributed by atoms with E-state index in [-0.39, 0.29) is 12.0 Å². The SMILES string of the molecule is C=CC(C)(CO)c1ccc(Br)cc1. The van der Waals surface area contributed by atoms with Crippen LogP contribution < -0.4 is 0 Å². The summed E-state index contributed by atoms with van der Waals surface area (Å²) in [5, 5.41) is 9.23. The molecule has 1 N–H and O–H groups in total. The standard InChI is InChI=1S/C11H13BrO/c1-3-11(2,8-13)9-4-6-10(12)7-5-9/h3-7,13H,1,8H2,2H3. The van der Waals surface area contributed by atoms with E-state index in [2.05, 4.69) is 22.5 Å². The average Bonchev–Trinajstić information content (AvgIpc) is 2.18. The lowest BCUT2D eigenvalue weighted by molar-refractivity contribution is 0.236. The Labute approximate surface area is 87.2 Å². The topological polar surface area (TPSA) is 20.2 Å². The molecule has 13 heavy (non-hydrogen) atoms. The van der Waals surface area contributed by atoms with E-state index in [1.165, 1.54) is 0 Å². The minimum absolute atomic E-state index is 0.0815. The van der Waals surface area contributed by atoms with E-state index < -0.39 is 0 Å². The second kappa shape index (κ2) is 4.07. The molecule has 0 amide bonds. The van der Waals surface area contributed by atoms with E-state index in [0.717, 1.165) is 10.0 Å². The first kappa shape index (κ1) is 10.5. The Hall–Kier alpha value is -0.600. The largest absolute Gasteiger partial charge is 0.395 e. The van der Waals surface area contributed by atoms with Crippen LogP contribution in [0.25, 0.3) is 0 Å². The van der Waals surface area contributed by atoms with Gasteiger partial charge in [0.15, 0.2) is 0 Å². The van der Waals surface area contributed by atoms with Crippen molar-refractivity contribution in [1.82, 2.24) is 0 Å². The predicted octanol–water partition coefficient (Wildman–Crippen LogP) is 2.89. The fourth-order valence-electron chi connectivity index (χ4n) is 1.10. The zero-order valence-electron chi connectivity index (χ0n) is 7.63. The Bertz CT molecular complexity index is 291. The molecule has 0 aromatic heterocycles. The monoisotopic (exact) mass is 240 g/mol. The van der Waals surface area contributed by atoms with Crippen LogP contribution in [0, 0.1) is 0 Å². The molecule has 2 heteroatoms. The maximum absolute atomic E-state index is 9.23. The van der Waals surface area contributed by atoms with Gasteiger partial charge in [0.25, 0.3) is 0 Å². The summed E-state index contributed by atoms with van der Waals surface area (Å²) in [6.07, 6.45) is 1.77. The molecule has 0 saturated carbocycles. The van der Waals surface area contributed by atoms with Crippen LogP contribution in [-0.4, -0.2) is 11.7 Å². The van der Waals surface area contributed by atoms with Gasteiger partial charge in [-0.3, -0.25) is 0 Å². The molecule has 1 unspecified atom stereocenters. The van der Waals surface area contributed by atoms with Crippen molar-refractivity contribution in [2.24, 2.45) is 0 Å². The normalized spacial score (nSPS) is 15.0. The number of benzene rings is 1. The fraction of sp³-hybridized carbons (Fsp3) is 0.273. The molecular formula is C11H13BrO. The predicted molar refractivity (Wildman–Crippen MR) is 58.8 cm³/mol. The smallest absolute Gasteiger partial charge is 0.0559 e. The second-order valence-corrected chi connectivity index (χ2v) is 4.20. The Kier molecular flexibility index (Phi) is 3.28. The van der Waals surface area contributed by atoms with Gasteiger partial charge < -0.3 is 5.11 Å². The minimum atomic E-state index is -0.333. The second-order valence-electron chi connectivity index (χ2n) is 3.29. The van der Waals surface area contributed by atoms with Crippen LogP contribution >= 0.6 is 15.9 Å². The van der Waals surface area contributed by atoms with Gasteiger partial charge in [0, 0.05) is 9.89 Å². The van der Waals surface area contributed by atoms with Crippen molar-refractivity contribution in [3.8, 4) is 0 Å². The molecule has 1 aromatic carbocycles. The van der Waals surface area contributed by atoms with Crippen molar-refractivity contribution in [1.29, 1.82) is 0 Å². The molecule has 0 heterocycles. The molecule has 0 aliphatic heterocycles. The van der Waals surface area contributed by atoms with Crippen LogP contribution in [-0.2, 0) is 5.41 Å². The fourth-order valence-corrected chi connectivity index (χ4v) is 1.37. The Morgan fingerprint density at radius 3 is 2.38 bits per heavy atom. The summed E-state index contributed by atoms with van der Waals surface area (Å²) in [5.41, 5.74) is 0.744. The van der Waals surface area contributed by atoms with Gasteiger partial charge >= 0.3 is 0 Å². The molecule has 1 rings (SSSR count). The van der Waals surface area contributed by atoms with E-state index in [1.54, 1.807) is 6.08 Å². The van der Waals surface area contributed by atoms with Gasteiger partial charge in [0.1, 0.15) is 0 Å². The molecule has 1 atom stereocenters.